The fourth-order valence-corrected chi connectivity index (χ4v) is 3.90. The number of anilines is 1. The Hall–Kier alpha value is -2.08. The average Bonchev–Trinajstić information content (AvgIpc) is 3.43. The van der Waals surface area contributed by atoms with Gasteiger partial charge in [0.05, 0.1) is 26.2 Å². The van der Waals surface area contributed by atoms with Crippen LogP contribution in [0.1, 0.15) is 19.8 Å². The molecule has 1 aromatic carbocycles. The van der Waals surface area contributed by atoms with E-state index in [0.29, 0.717) is 12.6 Å². The van der Waals surface area contributed by atoms with Crippen LogP contribution in [0.4, 0.5) is 10.5 Å². The molecule has 0 unspecified atom stereocenters. The Morgan fingerprint density at radius 2 is 1.83 bits per heavy atom. The summed E-state index contributed by atoms with van der Waals surface area (Å²) in [5.41, 5.74) is 0.579. The van der Waals surface area contributed by atoms with Gasteiger partial charge in [-0.15, -0.1) is 0 Å². The van der Waals surface area contributed by atoms with Crippen molar-refractivity contribution in [1.82, 2.24) is 10.2 Å². The molecule has 2 heterocycles. The number of para-hydroxylation sites is 1. The fourth-order valence-electron chi connectivity index (χ4n) is 3.90. The maximum atomic E-state index is 12.7. The van der Waals surface area contributed by atoms with Gasteiger partial charge in [-0.25, -0.2) is 9.69 Å². The van der Waals surface area contributed by atoms with Gasteiger partial charge in [0.1, 0.15) is 5.54 Å². The molecule has 128 valence electrons. The molecule has 1 aromatic rings. The van der Waals surface area contributed by atoms with Gasteiger partial charge in [0.25, 0.3) is 5.91 Å². The van der Waals surface area contributed by atoms with E-state index in [-0.39, 0.29) is 11.9 Å². The molecule has 2 N–H and O–H groups in total. The van der Waals surface area contributed by atoms with Crippen molar-refractivity contribution in [3.8, 4) is 0 Å². The third-order valence-electron chi connectivity index (χ3n) is 5.67. The molecule has 0 spiro atoms. The molecule has 2 aliphatic heterocycles. The fraction of sp³-hybridized carbons (Fsp3) is 0.556. The lowest BCUT2D eigenvalue weighted by Crippen LogP contribution is -3.16. The van der Waals surface area contributed by atoms with Gasteiger partial charge >= 0.3 is 6.03 Å². The van der Waals surface area contributed by atoms with Crippen LogP contribution < -0.4 is 15.1 Å². The normalized spacial score (nSPS) is 28.4. The Kier molecular flexibility index (Phi) is 3.72. The van der Waals surface area contributed by atoms with Crippen LogP contribution in [0.5, 0.6) is 0 Å². The number of nitrogens with one attached hydrogen (secondary N) is 2. The largest absolute Gasteiger partial charge is 0.360 e. The molecule has 3 amide bonds. The number of benzene rings is 1. The molecule has 2 saturated heterocycles. The van der Waals surface area contributed by atoms with E-state index in [4.69, 9.17) is 0 Å². The molecule has 1 atom stereocenters. The molecular formula is C18H25N4O2+. The highest BCUT2D eigenvalue weighted by molar-refractivity contribution is 6.07. The summed E-state index contributed by atoms with van der Waals surface area (Å²) in [4.78, 5) is 30.1. The minimum absolute atomic E-state index is 0.0343. The summed E-state index contributed by atoms with van der Waals surface area (Å²) in [5, 5.41) is 2.93. The Morgan fingerprint density at radius 3 is 2.46 bits per heavy atom. The lowest BCUT2D eigenvalue weighted by molar-refractivity contribution is -0.907. The monoisotopic (exact) mass is 329 g/mol. The van der Waals surface area contributed by atoms with Crippen LogP contribution in [0.3, 0.4) is 0 Å². The maximum Gasteiger partial charge on any atom is 0.329 e. The van der Waals surface area contributed by atoms with E-state index in [2.05, 4.69) is 34.5 Å². The maximum absolute atomic E-state index is 12.7. The van der Waals surface area contributed by atoms with E-state index in [1.807, 2.05) is 13.0 Å². The highest BCUT2D eigenvalue weighted by Crippen LogP contribution is 2.42. The van der Waals surface area contributed by atoms with Crippen molar-refractivity contribution in [3.05, 3.63) is 30.3 Å². The number of carbonyl (C=O) groups is 2. The summed E-state index contributed by atoms with van der Waals surface area (Å²) >= 11 is 0. The molecule has 3 fully saturated rings. The quantitative estimate of drug-likeness (QED) is 0.769. The van der Waals surface area contributed by atoms with Crippen LogP contribution in [-0.2, 0) is 4.79 Å². The van der Waals surface area contributed by atoms with Crippen LogP contribution in [0.15, 0.2) is 30.3 Å². The van der Waals surface area contributed by atoms with Crippen LogP contribution in [0.2, 0.25) is 0 Å². The number of imide groups is 1. The van der Waals surface area contributed by atoms with E-state index in [1.165, 1.54) is 15.5 Å². The van der Waals surface area contributed by atoms with Gasteiger partial charge in [0.15, 0.2) is 6.67 Å². The average molecular weight is 329 g/mol. The van der Waals surface area contributed by atoms with E-state index in [9.17, 15) is 9.59 Å². The van der Waals surface area contributed by atoms with Crippen LogP contribution in [0, 0.1) is 5.92 Å². The zero-order valence-electron chi connectivity index (χ0n) is 14.1. The molecule has 0 radical (unpaired) electrons. The minimum atomic E-state index is -0.664. The molecule has 24 heavy (non-hydrogen) atoms. The lowest BCUT2D eigenvalue weighted by Gasteiger charge is -2.34. The molecule has 0 bridgehead atoms. The van der Waals surface area contributed by atoms with Gasteiger partial charge in [-0.3, -0.25) is 4.79 Å². The van der Waals surface area contributed by atoms with Crippen LogP contribution in [-0.4, -0.2) is 55.2 Å². The number of rotatable bonds is 4. The summed E-state index contributed by atoms with van der Waals surface area (Å²) in [6, 6.07) is 10.2. The first-order valence-electron chi connectivity index (χ1n) is 8.85. The van der Waals surface area contributed by atoms with Crippen molar-refractivity contribution in [2.45, 2.75) is 25.3 Å². The van der Waals surface area contributed by atoms with E-state index < -0.39 is 5.54 Å². The second-order valence-electron chi connectivity index (χ2n) is 7.37. The number of piperazine rings is 1. The predicted octanol–water partition coefficient (Wildman–Crippen LogP) is 0.0695. The topological polar surface area (TPSA) is 57.1 Å². The number of nitrogens with zero attached hydrogens (tertiary/aromatic N) is 2. The Balaban J connectivity index is 1.35. The van der Waals surface area contributed by atoms with Gasteiger partial charge < -0.3 is 15.1 Å². The van der Waals surface area contributed by atoms with Crippen molar-refractivity contribution in [3.63, 3.8) is 0 Å². The highest BCUT2D eigenvalue weighted by Gasteiger charge is 2.56. The number of amides is 3. The second kappa shape index (κ2) is 5.77. The molecule has 1 saturated carbocycles. The first kappa shape index (κ1) is 15.4. The minimum Gasteiger partial charge on any atom is -0.360 e. The Bertz CT molecular complexity index is 638. The third-order valence-corrected chi connectivity index (χ3v) is 5.67. The smallest absolute Gasteiger partial charge is 0.329 e. The van der Waals surface area contributed by atoms with Gasteiger partial charge in [-0.1, -0.05) is 18.2 Å². The van der Waals surface area contributed by atoms with Gasteiger partial charge in [-0.05, 0) is 37.8 Å². The molecule has 6 heteroatoms. The number of urea groups is 1. The van der Waals surface area contributed by atoms with Crippen molar-refractivity contribution < 1.29 is 14.5 Å². The van der Waals surface area contributed by atoms with E-state index in [1.54, 1.807) is 0 Å². The van der Waals surface area contributed by atoms with Crippen molar-refractivity contribution in [1.29, 1.82) is 0 Å². The zero-order chi connectivity index (χ0) is 16.7. The summed E-state index contributed by atoms with van der Waals surface area (Å²) in [6.07, 6.45) is 2.08. The summed E-state index contributed by atoms with van der Waals surface area (Å²) in [7, 11) is 0. The second-order valence-corrected chi connectivity index (χ2v) is 7.37. The van der Waals surface area contributed by atoms with Crippen LogP contribution >= 0.6 is 0 Å². The Morgan fingerprint density at radius 1 is 1.17 bits per heavy atom. The van der Waals surface area contributed by atoms with Crippen LogP contribution in [0.25, 0.3) is 0 Å². The molecular weight excluding hydrogens is 304 g/mol. The van der Waals surface area contributed by atoms with Crippen molar-refractivity contribution in [2.75, 3.05) is 37.7 Å². The SMILES string of the molecule is C[C@]1(C2CC2)NC(=O)N(C[NH+]2CCN(c3ccccc3)CC2)C1=O. The molecule has 0 aromatic heterocycles. The number of hydrogen-bond acceptors (Lipinski definition) is 3. The van der Waals surface area contributed by atoms with Gasteiger partial charge in [0, 0.05) is 5.69 Å². The van der Waals surface area contributed by atoms with Gasteiger partial charge in [-0.2, -0.15) is 0 Å². The lowest BCUT2D eigenvalue weighted by atomic mass is 9.96. The van der Waals surface area contributed by atoms with E-state index >= 15 is 0 Å². The number of quaternary nitrogens is 1. The highest BCUT2D eigenvalue weighted by atomic mass is 16.2. The first-order valence-corrected chi connectivity index (χ1v) is 8.85. The first-order chi connectivity index (χ1) is 11.6. The van der Waals surface area contributed by atoms with Crippen molar-refractivity contribution in [2.24, 2.45) is 5.92 Å². The van der Waals surface area contributed by atoms with Gasteiger partial charge in [0.2, 0.25) is 0 Å². The van der Waals surface area contributed by atoms with E-state index in [0.717, 1.165) is 39.0 Å². The summed E-state index contributed by atoms with van der Waals surface area (Å²) < 4.78 is 0. The Labute approximate surface area is 142 Å². The molecule has 6 nitrogen and oxygen atoms in total. The third kappa shape index (κ3) is 2.65. The van der Waals surface area contributed by atoms with Crippen molar-refractivity contribution >= 4 is 17.6 Å². The molecule has 3 aliphatic rings. The summed E-state index contributed by atoms with van der Waals surface area (Å²) in [5.74, 6) is 0.289. The summed E-state index contributed by atoms with van der Waals surface area (Å²) in [6.45, 7) is 6.13. The number of carbonyl (C=O) groups excluding carboxylic acids is 2. The molecule has 4 rings (SSSR count). The zero-order valence-corrected chi connectivity index (χ0v) is 14.1. The molecule has 1 aliphatic carbocycles. The predicted molar refractivity (Wildman–Crippen MR) is 90.7 cm³/mol. The number of hydrogen-bond donors (Lipinski definition) is 2. The standard InChI is InChI=1S/C18H24N4O2/c1-18(14-7-8-14)16(23)22(17(24)19-18)13-20-9-11-21(12-10-20)15-5-3-2-4-6-15/h2-6,14H,7-13H2,1H3,(H,19,24)/p+1/t18-/m1/s1.